The van der Waals surface area contributed by atoms with Gasteiger partial charge in [-0.25, -0.2) is 14.5 Å². The van der Waals surface area contributed by atoms with Gasteiger partial charge in [0.25, 0.3) is 5.82 Å². The van der Waals surface area contributed by atoms with E-state index in [1.54, 1.807) is 12.2 Å². The number of carboxylic acids is 1. The van der Waals surface area contributed by atoms with Crippen LogP contribution in [0.4, 0.5) is 13.2 Å². The van der Waals surface area contributed by atoms with Gasteiger partial charge in [0.2, 0.25) is 5.91 Å². The molecule has 10 heteroatoms. The van der Waals surface area contributed by atoms with Crippen LogP contribution in [0.2, 0.25) is 0 Å². The number of nitrogens with zero attached hydrogens (tertiary/aromatic N) is 4. The molecule has 1 aliphatic heterocycles. The van der Waals surface area contributed by atoms with Crippen LogP contribution in [0.1, 0.15) is 12.2 Å². The van der Waals surface area contributed by atoms with Gasteiger partial charge in [0, 0.05) is 6.54 Å². The minimum atomic E-state index is -4.69. The molecule has 0 fully saturated rings. The predicted octanol–water partition coefficient (Wildman–Crippen LogP) is 0.539. The predicted molar refractivity (Wildman–Crippen MR) is 61.9 cm³/mol. The molecule has 0 saturated heterocycles. The summed E-state index contributed by atoms with van der Waals surface area (Å²) in [5.41, 5.74) is 0. The molecule has 1 aromatic heterocycles. The van der Waals surface area contributed by atoms with E-state index in [4.69, 9.17) is 5.11 Å². The van der Waals surface area contributed by atoms with Crippen LogP contribution in [0.5, 0.6) is 0 Å². The number of carboxylic acid groups (broad SMARTS) is 1. The molecule has 0 saturated carbocycles. The third-order valence-corrected chi connectivity index (χ3v) is 2.90. The number of alkyl halides is 3. The Balaban J connectivity index is 2.08. The van der Waals surface area contributed by atoms with Crippen molar-refractivity contribution in [2.45, 2.75) is 25.2 Å². The molecule has 0 aromatic carbocycles. The molecule has 2 rings (SSSR count). The average molecular weight is 304 g/mol. The van der Waals surface area contributed by atoms with Gasteiger partial charge in [-0.1, -0.05) is 12.2 Å². The van der Waals surface area contributed by atoms with Crippen LogP contribution in [0, 0.1) is 0 Å². The lowest BCUT2D eigenvalue weighted by atomic mass is 10.1. The molecule has 0 bridgehead atoms. The minimum Gasteiger partial charge on any atom is -0.480 e. The zero-order valence-electron chi connectivity index (χ0n) is 10.6. The number of carbonyl (C=O) groups excluding carboxylic acids is 1. The maximum Gasteiger partial charge on any atom is 0.453 e. The summed E-state index contributed by atoms with van der Waals surface area (Å²) < 4.78 is 37.8. The normalized spacial score (nSPS) is 18.8. The first-order valence-electron chi connectivity index (χ1n) is 5.93. The lowest BCUT2D eigenvalue weighted by Gasteiger charge is -2.29. The Morgan fingerprint density at radius 1 is 1.38 bits per heavy atom. The first kappa shape index (κ1) is 15.0. The number of aliphatic carboxylic acids is 1. The van der Waals surface area contributed by atoms with Gasteiger partial charge in [0.1, 0.15) is 18.9 Å². The number of halogens is 3. The maximum absolute atomic E-state index is 12.3. The lowest BCUT2D eigenvalue weighted by molar-refractivity contribution is -0.150. The fraction of sp³-hybridized carbons (Fsp3) is 0.455. The number of hydrogen-bond acceptors (Lipinski definition) is 4. The topological polar surface area (TPSA) is 88.3 Å². The number of rotatable bonds is 3. The van der Waals surface area contributed by atoms with Crippen LogP contribution in [0.3, 0.4) is 0 Å². The highest BCUT2D eigenvalue weighted by molar-refractivity contribution is 5.84. The van der Waals surface area contributed by atoms with Crippen molar-refractivity contribution in [3.8, 4) is 0 Å². The summed E-state index contributed by atoms with van der Waals surface area (Å²) in [6.45, 7) is -0.405. The van der Waals surface area contributed by atoms with Crippen LogP contribution in [0.25, 0.3) is 0 Å². The molecule has 0 aliphatic carbocycles. The largest absolute Gasteiger partial charge is 0.480 e. The highest BCUT2D eigenvalue weighted by Gasteiger charge is 2.36. The minimum absolute atomic E-state index is 0.0939. The van der Waals surface area contributed by atoms with Crippen molar-refractivity contribution in [1.82, 2.24) is 19.7 Å². The standard InChI is InChI=1S/C11H11F3N4O3/c12-11(13,14)10-15-6-17(16-10)5-8(19)18-4-2-1-3-7(18)9(20)21/h1-2,6-7H,3-5H2,(H,20,21). The molecule has 21 heavy (non-hydrogen) atoms. The molecule has 114 valence electrons. The Morgan fingerprint density at radius 2 is 2.10 bits per heavy atom. The smallest absolute Gasteiger partial charge is 0.453 e. The third kappa shape index (κ3) is 3.38. The summed E-state index contributed by atoms with van der Waals surface area (Å²) in [6.07, 6.45) is -0.478. The van der Waals surface area contributed by atoms with Gasteiger partial charge in [-0.05, 0) is 6.42 Å². The van der Waals surface area contributed by atoms with Crippen molar-refractivity contribution in [3.05, 3.63) is 24.3 Å². The fourth-order valence-electron chi connectivity index (χ4n) is 1.91. The van der Waals surface area contributed by atoms with Gasteiger partial charge in [-0.2, -0.15) is 13.2 Å². The molecule has 0 radical (unpaired) electrons. The van der Waals surface area contributed by atoms with E-state index in [1.807, 2.05) is 0 Å². The second-order valence-electron chi connectivity index (χ2n) is 4.37. The Bertz CT molecular complexity index is 582. The Hall–Kier alpha value is -2.39. The van der Waals surface area contributed by atoms with Gasteiger partial charge < -0.3 is 10.0 Å². The van der Waals surface area contributed by atoms with Crippen LogP contribution in [-0.4, -0.2) is 49.2 Å². The zero-order valence-corrected chi connectivity index (χ0v) is 10.6. The molecule has 1 amide bonds. The van der Waals surface area contributed by atoms with Crippen molar-refractivity contribution in [3.63, 3.8) is 0 Å². The molecule has 1 atom stereocenters. The van der Waals surface area contributed by atoms with Gasteiger partial charge >= 0.3 is 12.1 Å². The number of amides is 1. The molecule has 7 nitrogen and oxygen atoms in total. The maximum atomic E-state index is 12.3. The SMILES string of the molecule is O=C(O)C1CC=CCN1C(=O)Cn1cnc(C(F)(F)F)n1. The summed E-state index contributed by atoms with van der Waals surface area (Å²) >= 11 is 0. The van der Waals surface area contributed by atoms with Crippen LogP contribution < -0.4 is 0 Å². The summed E-state index contributed by atoms with van der Waals surface area (Å²) in [5, 5.41) is 12.2. The van der Waals surface area contributed by atoms with E-state index in [2.05, 4.69) is 10.1 Å². The van der Waals surface area contributed by atoms with E-state index >= 15 is 0 Å². The molecule has 1 N–H and O–H groups in total. The van der Waals surface area contributed by atoms with E-state index in [-0.39, 0.29) is 13.0 Å². The third-order valence-electron chi connectivity index (χ3n) is 2.90. The van der Waals surface area contributed by atoms with Crippen molar-refractivity contribution in [2.75, 3.05) is 6.54 Å². The molecular weight excluding hydrogens is 293 g/mol. The number of aromatic nitrogens is 3. The quantitative estimate of drug-likeness (QED) is 0.823. The van der Waals surface area contributed by atoms with Gasteiger partial charge in [0.15, 0.2) is 0 Å². The fourth-order valence-corrected chi connectivity index (χ4v) is 1.91. The average Bonchev–Trinajstić information content (AvgIpc) is 2.87. The van der Waals surface area contributed by atoms with Crippen molar-refractivity contribution < 1.29 is 27.9 Å². The molecule has 0 spiro atoms. The summed E-state index contributed by atoms with van der Waals surface area (Å²) in [7, 11) is 0. The molecule has 2 heterocycles. The first-order chi connectivity index (χ1) is 9.79. The van der Waals surface area contributed by atoms with Crippen molar-refractivity contribution in [1.29, 1.82) is 0 Å². The number of hydrogen-bond donors (Lipinski definition) is 1. The Labute approximate surface area is 116 Å². The number of carbonyl (C=O) groups is 2. The molecule has 1 unspecified atom stereocenters. The van der Waals surface area contributed by atoms with Gasteiger partial charge in [-0.15, -0.1) is 5.10 Å². The Kier molecular flexibility index (Phi) is 3.96. The van der Waals surface area contributed by atoms with Crippen LogP contribution in [0.15, 0.2) is 18.5 Å². The van der Waals surface area contributed by atoms with E-state index < -0.39 is 36.5 Å². The summed E-state index contributed by atoms with van der Waals surface area (Å²) in [5.74, 6) is -3.14. The second-order valence-corrected chi connectivity index (χ2v) is 4.37. The van der Waals surface area contributed by atoms with Gasteiger partial charge in [0.05, 0.1) is 0 Å². The van der Waals surface area contributed by atoms with E-state index in [0.29, 0.717) is 0 Å². The van der Waals surface area contributed by atoms with E-state index in [1.165, 1.54) is 0 Å². The summed E-state index contributed by atoms with van der Waals surface area (Å²) in [6, 6.07) is -1.02. The zero-order chi connectivity index (χ0) is 15.6. The summed E-state index contributed by atoms with van der Waals surface area (Å²) in [4.78, 5) is 27.2. The van der Waals surface area contributed by atoms with Crippen LogP contribution >= 0.6 is 0 Å². The molecule has 1 aromatic rings. The van der Waals surface area contributed by atoms with Crippen LogP contribution in [-0.2, 0) is 22.3 Å². The molecule has 1 aliphatic rings. The van der Waals surface area contributed by atoms with Gasteiger partial charge in [-0.3, -0.25) is 4.79 Å². The van der Waals surface area contributed by atoms with Crippen molar-refractivity contribution in [2.24, 2.45) is 0 Å². The highest BCUT2D eigenvalue weighted by atomic mass is 19.4. The van der Waals surface area contributed by atoms with E-state index in [0.717, 1.165) is 15.9 Å². The molecular formula is C11H11F3N4O3. The monoisotopic (exact) mass is 304 g/mol. The Morgan fingerprint density at radius 3 is 2.67 bits per heavy atom. The lowest BCUT2D eigenvalue weighted by Crippen LogP contribution is -2.47. The highest BCUT2D eigenvalue weighted by Crippen LogP contribution is 2.25. The second kappa shape index (κ2) is 5.54. The van der Waals surface area contributed by atoms with Crippen molar-refractivity contribution >= 4 is 11.9 Å². The first-order valence-corrected chi connectivity index (χ1v) is 5.93. The van der Waals surface area contributed by atoms with E-state index in [9.17, 15) is 22.8 Å².